The molecule has 17 heavy (non-hydrogen) atoms. The Kier molecular flexibility index (Phi) is 2.67. The molecule has 0 aliphatic heterocycles. The Labute approximate surface area is 99.1 Å². The first-order chi connectivity index (χ1) is 7.86. The summed E-state index contributed by atoms with van der Waals surface area (Å²) in [5.74, 6) is -0.175. The van der Waals surface area contributed by atoms with Crippen molar-refractivity contribution in [2.24, 2.45) is 5.73 Å². The average molecular weight is 255 g/mol. The molecule has 1 heterocycles. The van der Waals surface area contributed by atoms with Crippen molar-refractivity contribution in [3.63, 3.8) is 0 Å². The molecule has 1 fully saturated rings. The molecule has 1 aliphatic carbocycles. The van der Waals surface area contributed by atoms with Crippen molar-refractivity contribution in [1.29, 1.82) is 5.26 Å². The van der Waals surface area contributed by atoms with Crippen LogP contribution in [0.5, 0.6) is 0 Å². The van der Waals surface area contributed by atoms with Crippen molar-refractivity contribution >= 4 is 9.84 Å². The van der Waals surface area contributed by atoms with Crippen LogP contribution in [0.25, 0.3) is 0 Å². The van der Waals surface area contributed by atoms with E-state index in [4.69, 9.17) is 11.0 Å². The molecule has 1 aromatic rings. The number of hydrogen-bond acceptors (Lipinski definition) is 6. The van der Waals surface area contributed by atoms with Crippen LogP contribution in [0.3, 0.4) is 0 Å². The van der Waals surface area contributed by atoms with Crippen molar-refractivity contribution in [3.8, 4) is 6.07 Å². The Balaban J connectivity index is 2.17. The molecule has 8 heteroatoms. The molecule has 0 saturated heterocycles. The minimum atomic E-state index is -3.15. The summed E-state index contributed by atoms with van der Waals surface area (Å²) in [7, 11) is -3.15. The highest BCUT2D eigenvalue weighted by atomic mass is 32.2. The first-order valence-electron chi connectivity index (χ1n) is 5.14. The first-order valence-corrected chi connectivity index (χ1v) is 7.20. The van der Waals surface area contributed by atoms with E-state index in [0.29, 0.717) is 5.69 Å². The van der Waals surface area contributed by atoms with E-state index in [1.54, 1.807) is 6.20 Å². The smallest absolute Gasteiger partial charge is 0.150 e. The number of nitrogens with zero attached hydrogens (tertiary/aromatic N) is 4. The maximum atomic E-state index is 11.1. The molecule has 0 aromatic carbocycles. The molecule has 2 N–H and O–H groups in total. The molecule has 0 radical (unpaired) electrons. The number of nitriles is 1. The second-order valence-electron chi connectivity index (χ2n) is 4.43. The van der Waals surface area contributed by atoms with Crippen LogP contribution >= 0.6 is 0 Å². The second kappa shape index (κ2) is 3.78. The lowest BCUT2D eigenvalue weighted by Gasteiger charge is -2.06. The van der Waals surface area contributed by atoms with Gasteiger partial charge in [0.1, 0.15) is 15.5 Å². The third kappa shape index (κ3) is 2.45. The van der Waals surface area contributed by atoms with Gasteiger partial charge < -0.3 is 5.73 Å². The van der Waals surface area contributed by atoms with Gasteiger partial charge in [-0.25, -0.2) is 13.1 Å². The van der Waals surface area contributed by atoms with Crippen molar-refractivity contribution in [1.82, 2.24) is 15.0 Å². The molecule has 1 atom stereocenters. The Hall–Kier alpha value is -1.46. The minimum Gasteiger partial charge on any atom is -0.322 e. The molecular weight excluding hydrogens is 242 g/mol. The highest BCUT2D eigenvalue weighted by Gasteiger charge is 2.46. The molecule has 0 bridgehead atoms. The quantitative estimate of drug-likeness (QED) is 0.763. The molecule has 0 amide bonds. The zero-order valence-electron chi connectivity index (χ0n) is 9.37. The summed E-state index contributed by atoms with van der Waals surface area (Å²) in [6.45, 7) is 0. The SMILES string of the molecule is CS(=O)(=O)C[C@H](N)c1cn(C2(C#N)CC2)nn1. The zero-order chi connectivity index (χ0) is 12.7. The van der Waals surface area contributed by atoms with Gasteiger partial charge in [-0.05, 0) is 12.8 Å². The number of nitrogens with two attached hydrogens (primary N) is 1. The summed E-state index contributed by atoms with van der Waals surface area (Å²) in [5, 5.41) is 16.6. The molecule has 7 nitrogen and oxygen atoms in total. The third-order valence-electron chi connectivity index (χ3n) is 2.74. The van der Waals surface area contributed by atoms with Crippen LogP contribution in [-0.2, 0) is 15.4 Å². The molecule has 1 saturated carbocycles. The van der Waals surface area contributed by atoms with Gasteiger partial charge in [-0.2, -0.15) is 5.26 Å². The maximum Gasteiger partial charge on any atom is 0.150 e. The Morgan fingerprint density at radius 1 is 1.71 bits per heavy atom. The van der Waals surface area contributed by atoms with E-state index in [9.17, 15) is 8.42 Å². The first kappa shape index (κ1) is 12.0. The van der Waals surface area contributed by atoms with Gasteiger partial charge in [0.05, 0.1) is 24.1 Å². The van der Waals surface area contributed by atoms with Crippen LogP contribution in [0, 0.1) is 11.3 Å². The summed E-state index contributed by atoms with van der Waals surface area (Å²) < 4.78 is 23.7. The number of rotatable bonds is 4. The van der Waals surface area contributed by atoms with E-state index in [1.807, 2.05) is 0 Å². The van der Waals surface area contributed by atoms with Gasteiger partial charge in [0, 0.05) is 6.26 Å². The lowest BCUT2D eigenvalue weighted by Crippen LogP contribution is -2.21. The van der Waals surface area contributed by atoms with E-state index in [0.717, 1.165) is 19.1 Å². The zero-order valence-corrected chi connectivity index (χ0v) is 10.2. The number of sulfone groups is 1. The van der Waals surface area contributed by atoms with Crippen LogP contribution in [0.2, 0.25) is 0 Å². The van der Waals surface area contributed by atoms with E-state index in [2.05, 4.69) is 16.4 Å². The van der Waals surface area contributed by atoms with Gasteiger partial charge in [0.2, 0.25) is 0 Å². The molecule has 0 unspecified atom stereocenters. The third-order valence-corrected chi connectivity index (χ3v) is 3.71. The van der Waals surface area contributed by atoms with E-state index >= 15 is 0 Å². The molecule has 92 valence electrons. The van der Waals surface area contributed by atoms with Crippen LogP contribution < -0.4 is 5.73 Å². The predicted octanol–water partition coefficient (Wildman–Crippen LogP) is -0.665. The second-order valence-corrected chi connectivity index (χ2v) is 6.62. The standard InChI is InChI=1S/C9H13N5O2S/c1-17(15,16)5-7(11)8-4-14(13-12-8)9(6-10)2-3-9/h4,7H,2-3,5,11H2,1H3/t7-/m0/s1. The van der Waals surface area contributed by atoms with Gasteiger partial charge in [-0.3, -0.25) is 0 Å². The fourth-order valence-electron chi connectivity index (χ4n) is 1.58. The normalized spacial score (nSPS) is 19.6. The summed E-state index contributed by atoms with van der Waals surface area (Å²) >= 11 is 0. The summed E-state index contributed by atoms with van der Waals surface area (Å²) in [4.78, 5) is 0. The van der Waals surface area contributed by atoms with Crippen molar-refractivity contribution in [2.75, 3.05) is 12.0 Å². The van der Waals surface area contributed by atoms with Gasteiger partial charge >= 0.3 is 0 Å². The fraction of sp³-hybridized carbons (Fsp3) is 0.667. The monoisotopic (exact) mass is 255 g/mol. The summed E-state index contributed by atoms with van der Waals surface area (Å²) in [6, 6.07) is 1.47. The van der Waals surface area contributed by atoms with Crippen LogP contribution in [-0.4, -0.2) is 35.4 Å². The van der Waals surface area contributed by atoms with Gasteiger partial charge in [-0.15, -0.1) is 5.10 Å². The van der Waals surface area contributed by atoms with Crippen molar-refractivity contribution < 1.29 is 8.42 Å². The molecule has 1 aliphatic rings. The largest absolute Gasteiger partial charge is 0.322 e. The summed E-state index contributed by atoms with van der Waals surface area (Å²) in [6.07, 6.45) is 4.17. The Morgan fingerprint density at radius 3 is 2.82 bits per heavy atom. The Morgan fingerprint density at radius 2 is 2.35 bits per heavy atom. The van der Waals surface area contributed by atoms with E-state index in [-0.39, 0.29) is 5.75 Å². The van der Waals surface area contributed by atoms with Crippen LogP contribution in [0.1, 0.15) is 24.6 Å². The van der Waals surface area contributed by atoms with Crippen LogP contribution in [0.4, 0.5) is 0 Å². The Bertz CT molecular complexity index is 566. The van der Waals surface area contributed by atoms with Crippen molar-refractivity contribution in [3.05, 3.63) is 11.9 Å². The predicted molar refractivity (Wildman–Crippen MR) is 59.5 cm³/mol. The van der Waals surface area contributed by atoms with E-state index in [1.165, 1.54) is 4.68 Å². The fourth-order valence-corrected chi connectivity index (χ4v) is 2.40. The maximum absolute atomic E-state index is 11.1. The highest BCUT2D eigenvalue weighted by molar-refractivity contribution is 7.90. The summed E-state index contributed by atoms with van der Waals surface area (Å²) in [5.41, 5.74) is 5.53. The minimum absolute atomic E-state index is 0.175. The van der Waals surface area contributed by atoms with Gasteiger partial charge in [0.15, 0.2) is 5.54 Å². The highest BCUT2D eigenvalue weighted by Crippen LogP contribution is 2.42. The van der Waals surface area contributed by atoms with Crippen LogP contribution in [0.15, 0.2) is 6.20 Å². The molecular formula is C9H13N5O2S. The topological polar surface area (TPSA) is 115 Å². The van der Waals surface area contributed by atoms with Gasteiger partial charge in [-0.1, -0.05) is 5.21 Å². The molecule has 2 rings (SSSR count). The lowest BCUT2D eigenvalue weighted by molar-refractivity contribution is 0.516. The number of aromatic nitrogens is 3. The lowest BCUT2D eigenvalue weighted by atomic mass is 10.2. The van der Waals surface area contributed by atoms with E-state index < -0.39 is 21.4 Å². The molecule has 0 spiro atoms. The molecule has 1 aromatic heterocycles. The number of hydrogen-bond donors (Lipinski definition) is 1. The van der Waals surface area contributed by atoms with Crippen molar-refractivity contribution in [2.45, 2.75) is 24.4 Å². The average Bonchev–Trinajstić information content (AvgIpc) is 2.85. The van der Waals surface area contributed by atoms with Gasteiger partial charge in [0.25, 0.3) is 0 Å².